The highest BCUT2D eigenvalue weighted by atomic mass is 79.9. The summed E-state index contributed by atoms with van der Waals surface area (Å²) in [4.78, 5) is 0. The Labute approximate surface area is 121 Å². The van der Waals surface area contributed by atoms with E-state index in [-0.39, 0.29) is 0 Å². The molecular formula is C15H15BrClN. The van der Waals surface area contributed by atoms with Crippen LogP contribution in [0.25, 0.3) is 0 Å². The van der Waals surface area contributed by atoms with Crippen LogP contribution in [-0.4, -0.2) is 0 Å². The number of hydrogen-bond acceptors (Lipinski definition) is 1. The van der Waals surface area contributed by atoms with Gasteiger partial charge in [-0.1, -0.05) is 46.6 Å². The van der Waals surface area contributed by atoms with Crippen molar-refractivity contribution in [1.82, 2.24) is 0 Å². The predicted molar refractivity (Wildman–Crippen MR) is 82.3 cm³/mol. The molecule has 0 aromatic heterocycles. The van der Waals surface area contributed by atoms with Crippen LogP contribution >= 0.6 is 27.5 Å². The average molecular weight is 325 g/mol. The van der Waals surface area contributed by atoms with Crippen LogP contribution in [0.5, 0.6) is 0 Å². The first-order valence-corrected chi connectivity index (χ1v) is 7.13. The van der Waals surface area contributed by atoms with Gasteiger partial charge in [-0.2, -0.15) is 0 Å². The van der Waals surface area contributed by atoms with Gasteiger partial charge >= 0.3 is 0 Å². The summed E-state index contributed by atoms with van der Waals surface area (Å²) in [6.45, 7) is 2.97. The number of anilines is 1. The lowest BCUT2D eigenvalue weighted by Gasteiger charge is -2.11. The Morgan fingerprint density at radius 1 is 1.11 bits per heavy atom. The third-order valence-corrected chi connectivity index (χ3v) is 3.59. The fraction of sp³-hybridized carbons (Fsp3) is 0.200. The van der Waals surface area contributed by atoms with Crippen LogP contribution in [0.4, 0.5) is 5.69 Å². The van der Waals surface area contributed by atoms with Crippen LogP contribution in [0.1, 0.15) is 18.1 Å². The zero-order valence-corrected chi connectivity index (χ0v) is 12.6. The summed E-state index contributed by atoms with van der Waals surface area (Å²) in [5, 5.41) is 4.24. The Balaban J connectivity index is 2.08. The van der Waals surface area contributed by atoms with Gasteiger partial charge in [0.25, 0.3) is 0 Å². The summed E-state index contributed by atoms with van der Waals surface area (Å²) in [6, 6.07) is 14.2. The van der Waals surface area contributed by atoms with Gasteiger partial charge in [-0.15, -0.1) is 0 Å². The Morgan fingerprint density at radius 2 is 1.83 bits per heavy atom. The van der Waals surface area contributed by atoms with Crippen molar-refractivity contribution in [2.45, 2.75) is 19.9 Å². The minimum atomic E-state index is 0.775. The highest BCUT2D eigenvalue weighted by Crippen LogP contribution is 2.22. The summed E-state index contributed by atoms with van der Waals surface area (Å²) >= 11 is 9.37. The second kappa shape index (κ2) is 6.26. The smallest absolute Gasteiger partial charge is 0.0406 e. The molecule has 0 radical (unpaired) electrons. The van der Waals surface area contributed by atoms with Crippen LogP contribution in [0.3, 0.4) is 0 Å². The van der Waals surface area contributed by atoms with E-state index in [2.05, 4.69) is 46.4 Å². The standard InChI is InChI=1S/C15H15BrClN/c1-2-12-9-13(16)5-8-15(12)18-10-11-3-6-14(17)7-4-11/h3-9,18H,2,10H2,1H3. The molecular weight excluding hydrogens is 310 g/mol. The molecule has 0 fully saturated rings. The summed E-state index contributed by atoms with van der Waals surface area (Å²) in [5.41, 5.74) is 3.73. The first kappa shape index (κ1) is 13.4. The number of benzene rings is 2. The molecule has 0 unspecified atom stereocenters. The number of hydrogen-bond donors (Lipinski definition) is 1. The minimum Gasteiger partial charge on any atom is -0.381 e. The van der Waals surface area contributed by atoms with Gasteiger partial charge in [0.2, 0.25) is 0 Å². The van der Waals surface area contributed by atoms with E-state index in [1.54, 1.807) is 0 Å². The van der Waals surface area contributed by atoms with Crippen molar-refractivity contribution in [2.75, 3.05) is 5.32 Å². The summed E-state index contributed by atoms with van der Waals surface area (Å²) in [7, 11) is 0. The van der Waals surface area contributed by atoms with Gasteiger partial charge in [0, 0.05) is 21.7 Å². The van der Waals surface area contributed by atoms with E-state index in [4.69, 9.17) is 11.6 Å². The molecule has 0 amide bonds. The lowest BCUT2D eigenvalue weighted by Crippen LogP contribution is -2.02. The van der Waals surface area contributed by atoms with Crippen molar-refractivity contribution in [3.05, 3.63) is 63.1 Å². The van der Waals surface area contributed by atoms with Gasteiger partial charge < -0.3 is 5.32 Å². The molecule has 0 aliphatic heterocycles. The van der Waals surface area contributed by atoms with Gasteiger partial charge in [-0.25, -0.2) is 0 Å². The maximum Gasteiger partial charge on any atom is 0.0406 e. The maximum atomic E-state index is 5.87. The van der Waals surface area contributed by atoms with Gasteiger partial charge in [-0.3, -0.25) is 0 Å². The molecule has 0 spiro atoms. The molecule has 2 rings (SSSR count). The maximum absolute atomic E-state index is 5.87. The second-order valence-corrected chi connectivity index (χ2v) is 5.49. The highest BCUT2D eigenvalue weighted by Gasteiger charge is 2.01. The second-order valence-electron chi connectivity index (χ2n) is 4.14. The Morgan fingerprint density at radius 3 is 2.50 bits per heavy atom. The third-order valence-electron chi connectivity index (χ3n) is 2.84. The van der Waals surface area contributed by atoms with E-state index in [9.17, 15) is 0 Å². The Hall–Kier alpha value is -0.990. The normalized spacial score (nSPS) is 10.4. The quantitative estimate of drug-likeness (QED) is 0.807. The van der Waals surface area contributed by atoms with Crippen LogP contribution < -0.4 is 5.32 Å². The highest BCUT2D eigenvalue weighted by molar-refractivity contribution is 9.10. The zero-order valence-electron chi connectivity index (χ0n) is 10.2. The van der Waals surface area contributed by atoms with Crippen molar-refractivity contribution in [3.63, 3.8) is 0 Å². The molecule has 0 aliphatic carbocycles. The van der Waals surface area contributed by atoms with E-state index < -0.39 is 0 Å². The van der Waals surface area contributed by atoms with Crippen molar-refractivity contribution in [1.29, 1.82) is 0 Å². The number of rotatable bonds is 4. The molecule has 0 saturated carbocycles. The van der Waals surface area contributed by atoms with Crippen molar-refractivity contribution in [3.8, 4) is 0 Å². The number of halogens is 2. The van der Waals surface area contributed by atoms with Crippen molar-refractivity contribution < 1.29 is 0 Å². The molecule has 0 atom stereocenters. The van der Waals surface area contributed by atoms with Crippen LogP contribution in [0, 0.1) is 0 Å². The van der Waals surface area contributed by atoms with E-state index in [1.165, 1.54) is 16.8 Å². The largest absolute Gasteiger partial charge is 0.381 e. The van der Waals surface area contributed by atoms with E-state index in [1.807, 2.05) is 24.3 Å². The molecule has 18 heavy (non-hydrogen) atoms. The van der Waals surface area contributed by atoms with Crippen molar-refractivity contribution in [2.24, 2.45) is 0 Å². The average Bonchev–Trinajstić information content (AvgIpc) is 2.39. The van der Waals surface area contributed by atoms with Gasteiger partial charge in [-0.05, 0) is 47.9 Å². The Bertz CT molecular complexity index is 523. The molecule has 0 saturated heterocycles. The molecule has 2 aromatic rings. The molecule has 94 valence electrons. The molecule has 0 aliphatic rings. The summed E-state index contributed by atoms with van der Waals surface area (Å²) in [6.07, 6.45) is 1.02. The van der Waals surface area contributed by atoms with E-state index >= 15 is 0 Å². The fourth-order valence-corrected chi connectivity index (χ4v) is 2.36. The SMILES string of the molecule is CCc1cc(Br)ccc1NCc1ccc(Cl)cc1. The number of nitrogens with one attached hydrogen (secondary N) is 1. The third kappa shape index (κ3) is 3.50. The minimum absolute atomic E-state index is 0.775. The van der Waals surface area contributed by atoms with Gasteiger partial charge in [0.15, 0.2) is 0 Å². The lowest BCUT2D eigenvalue weighted by molar-refractivity contribution is 1.09. The fourth-order valence-electron chi connectivity index (χ4n) is 1.83. The Kier molecular flexibility index (Phi) is 4.67. The topological polar surface area (TPSA) is 12.0 Å². The van der Waals surface area contributed by atoms with E-state index in [0.717, 1.165) is 22.5 Å². The zero-order chi connectivity index (χ0) is 13.0. The van der Waals surface area contributed by atoms with Gasteiger partial charge in [0.05, 0.1) is 0 Å². The van der Waals surface area contributed by atoms with Crippen molar-refractivity contribution >= 4 is 33.2 Å². The molecule has 1 N–H and O–H groups in total. The summed E-state index contributed by atoms with van der Waals surface area (Å²) < 4.78 is 1.12. The molecule has 0 bridgehead atoms. The first-order valence-electron chi connectivity index (χ1n) is 5.96. The monoisotopic (exact) mass is 323 g/mol. The number of aryl methyl sites for hydroxylation is 1. The molecule has 1 nitrogen and oxygen atoms in total. The van der Waals surface area contributed by atoms with Crippen LogP contribution in [0.15, 0.2) is 46.9 Å². The van der Waals surface area contributed by atoms with Crippen LogP contribution in [-0.2, 0) is 13.0 Å². The summed E-state index contributed by atoms with van der Waals surface area (Å²) in [5.74, 6) is 0. The van der Waals surface area contributed by atoms with Gasteiger partial charge in [0.1, 0.15) is 0 Å². The lowest BCUT2D eigenvalue weighted by atomic mass is 10.1. The van der Waals surface area contributed by atoms with Crippen LogP contribution in [0.2, 0.25) is 5.02 Å². The first-order chi connectivity index (χ1) is 8.69. The predicted octanol–water partition coefficient (Wildman–Crippen LogP) is 5.28. The molecule has 3 heteroatoms. The molecule has 2 aromatic carbocycles. The molecule has 0 heterocycles. The van der Waals surface area contributed by atoms with E-state index in [0.29, 0.717) is 0 Å².